The number of carboxylic acid groups (broad SMARTS) is 2. The van der Waals surface area contributed by atoms with Gasteiger partial charge in [-0.25, -0.2) is 4.79 Å². The molecule has 2 aromatic rings. The fraction of sp³-hybridized carbons (Fsp3) is 0.414. The summed E-state index contributed by atoms with van der Waals surface area (Å²) >= 11 is 0. The van der Waals surface area contributed by atoms with E-state index in [-0.39, 0.29) is 43.1 Å². The summed E-state index contributed by atoms with van der Waals surface area (Å²) in [5, 5.41) is 45.0. The Morgan fingerprint density at radius 3 is 1.62 bits per heavy atom. The van der Waals surface area contributed by atoms with Crippen LogP contribution in [0.1, 0.15) is 44.2 Å². The minimum atomic E-state index is -1.52. The van der Waals surface area contributed by atoms with Gasteiger partial charge < -0.3 is 42.1 Å². The maximum atomic E-state index is 13.4. The van der Waals surface area contributed by atoms with Crippen molar-refractivity contribution in [3.63, 3.8) is 0 Å². The van der Waals surface area contributed by atoms with Crippen LogP contribution in [0.5, 0.6) is 11.5 Å². The van der Waals surface area contributed by atoms with Crippen LogP contribution in [0.3, 0.4) is 0 Å². The van der Waals surface area contributed by atoms with Gasteiger partial charge in [0.2, 0.25) is 17.7 Å². The van der Waals surface area contributed by atoms with Gasteiger partial charge in [0, 0.05) is 12.8 Å². The molecule has 13 heteroatoms. The number of aromatic hydroxyl groups is 2. The van der Waals surface area contributed by atoms with Crippen molar-refractivity contribution >= 4 is 29.7 Å². The summed E-state index contributed by atoms with van der Waals surface area (Å²) in [7, 11) is 0. The summed E-state index contributed by atoms with van der Waals surface area (Å²) in [5.41, 5.74) is 7.30. The number of carbonyl (C=O) groups is 5. The van der Waals surface area contributed by atoms with Gasteiger partial charge in [-0.2, -0.15) is 0 Å². The Labute approximate surface area is 243 Å². The molecular weight excluding hydrogens is 548 g/mol. The zero-order valence-corrected chi connectivity index (χ0v) is 23.4. The Kier molecular flexibility index (Phi) is 12.8. The molecule has 2 aromatic carbocycles. The molecule has 0 bridgehead atoms. The lowest BCUT2D eigenvalue weighted by atomic mass is 9.99. The largest absolute Gasteiger partial charge is 0.508 e. The van der Waals surface area contributed by atoms with Crippen LogP contribution in [0, 0.1) is 5.92 Å². The summed E-state index contributed by atoms with van der Waals surface area (Å²) in [6.07, 6.45) is -0.624. The molecule has 0 aliphatic carbocycles. The molecule has 0 spiro atoms. The number of rotatable bonds is 16. The van der Waals surface area contributed by atoms with Gasteiger partial charge in [0.05, 0.1) is 6.04 Å². The maximum absolute atomic E-state index is 13.4. The Morgan fingerprint density at radius 1 is 0.690 bits per heavy atom. The third-order valence-electron chi connectivity index (χ3n) is 6.34. The van der Waals surface area contributed by atoms with Crippen LogP contribution in [0.15, 0.2) is 48.5 Å². The molecule has 2 rings (SSSR count). The van der Waals surface area contributed by atoms with Gasteiger partial charge in [-0.1, -0.05) is 38.1 Å². The fourth-order valence-electron chi connectivity index (χ4n) is 4.11. The molecule has 4 atom stereocenters. The Bertz CT molecular complexity index is 1230. The van der Waals surface area contributed by atoms with E-state index in [1.807, 2.05) is 13.8 Å². The number of phenols is 2. The smallest absolute Gasteiger partial charge is 0.326 e. The molecule has 3 amide bonds. The normalized spacial score (nSPS) is 13.8. The van der Waals surface area contributed by atoms with Crippen LogP contribution in [0.2, 0.25) is 0 Å². The van der Waals surface area contributed by atoms with Crippen molar-refractivity contribution < 1.29 is 44.4 Å². The van der Waals surface area contributed by atoms with Crippen LogP contribution in [-0.4, -0.2) is 74.3 Å². The third-order valence-corrected chi connectivity index (χ3v) is 6.34. The van der Waals surface area contributed by atoms with E-state index < -0.39 is 60.2 Å². The Morgan fingerprint density at radius 2 is 1.14 bits per heavy atom. The van der Waals surface area contributed by atoms with Crippen molar-refractivity contribution in [2.75, 3.05) is 0 Å². The quantitative estimate of drug-likeness (QED) is 0.137. The number of hydrogen-bond donors (Lipinski definition) is 8. The Hall–Kier alpha value is -4.65. The predicted octanol–water partition coefficient (Wildman–Crippen LogP) is 0.660. The number of aliphatic carboxylic acids is 2. The first-order chi connectivity index (χ1) is 19.7. The highest BCUT2D eigenvalue weighted by molar-refractivity contribution is 5.94. The highest BCUT2D eigenvalue weighted by Gasteiger charge is 2.31. The van der Waals surface area contributed by atoms with Gasteiger partial charge in [-0.15, -0.1) is 0 Å². The zero-order valence-electron chi connectivity index (χ0n) is 23.4. The molecule has 0 saturated carbocycles. The van der Waals surface area contributed by atoms with Crippen molar-refractivity contribution in [3.8, 4) is 11.5 Å². The van der Waals surface area contributed by atoms with Gasteiger partial charge in [0.1, 0.15) is 29.6 Å². The number of benzene rings is 2. The number of carbonyl (C=O) groups excluding carboxylic acids is 3. The lowest BCUT2D eigenvalue weighted by Gasteiger charge is -2.26. The molecule has 0 radical (unpaired) electrons. The van der Waals surface area contributed by atoms with E-state index in [1.54, 1.807) is 12.1 Å². The van der Waals surface area contributed by atoms with E-state index in [4.69, 9.17) is 10.8 Å². The topological polar surface area (TPSA) is 228 Å². The van der Waals surface area contributed by atoms with Crippen molar-refractivity contribution in [1.82, 2.24) is 16.0 Å². The minimum absolute atomic E-state index is 0.0215. The molecule has 228 valence electrons. The van der Waals surface area contributed by atoms with Crippen LogP contribution in [0.4, 0.5) is 0 Å². The van der Waals surface area contributed by atoms with E-state index in [1.165, 1.54) is 36.4 Å². The number of amides is 3. The first-order valence-electron chi connectivity index (χ1n) is 13.4. The Balaban J connectivity index is 2.22. The lowest BCUT2D eigenvalue weighted by molar-refractivity contribution is -0.143. The first-order valence-corrected chi connectivity index (χ1v) is 13.4. The van der Waals surface area contributed by atoms with Crippen LogP contribution in [0.25, 0.3) is 0 Å². The number of phenolic OH excluding ortho intramolecular Hbond substituents is 2. The van der Waals surface area contributed by atoms with Crippen LogP contribution < -0.4 is 21.7 Å². The molecule has 0 heterocycles. The SMILES string of the molecule is CC(C)CC(NC(=O)C(N)Cc1ccc(O)cc1)C(=O)NC(Cc1ccc(O)cc1)C(=O)NC(CCC(=O)O)C(=O)O. The summed E-state index contributed by atoms with van der Waals surface area (Å²) in [6.45, 7) is 3.67. The highest BCUT2D eigenvalue weighted by atomic mass is 16.4. The fourth-order valence-corrected chi connectivity index (χ4v) is 4.11. The van der Waals surface area contributed by atoms with Crippen molar-refractivity contribution in [1.29, 1.82) is 0 Å². The van der Waals surface area contributed by atoms with E-state index in [9.17, 15) is 39.3 Å². The number of nitrogens with two attached hydrogens (primary N) is 1. The summed E-state index contributed by atoms with van der Waals surface area (Å²) in [5.74, 6) is -4.86. The van der Waals surface area contributed by atoms with Crippen molar-refractivity contribution in [2.45, 2.75) is 70.1 Å². The van der Waals surface area contributed by atoms with Crippen LogP contribution in [-0.2, 0) is 36.8 Å². The molecule has 9 N–H and O–H groups in total. The predicted molar refractivity (Wildman–Crippen MR) is 151 cm³/mol. The van der Waals surface area contributed by atoms with E-state index in [0.29, 0.717) is 11.1 Å². The molecule has 0 saturated heterocycles. The summed E-state index contributed by atoms with van der Waals surface area (Å²) in [4.78, 5) is 62.1. The number of hydrogen-bond acceptors (Lipinski definition) is 8. The number of nitrogens with one attached hydrogen (secondary N) is 3. The molecule has 42 heavy (non-hydrogen) atoms. The molecule has 4 unspecified atom stereocenters. The van der Waals surface area contributed by atoms with Crippen LogP contribution >= 0.6 is 0 Å². The van der Waals surface area contributed by atoms with E-state index >= 15 is 0 Å². The lowest BCUT2D eigenvalue weighted by Crippen LogP contribution is -2.58. The van der Waals surface area contributed by atoms with Gasteiger partial charge in [-0.3, -0.25) is 19.2 Å². The minimum Gasteiger partial charge on any atom is -0.508 e. The number of carboxylic acids is 2. The molecule has 13 nitrogen and oxygen atoms in total. The standard InChI is InChI=1S/C29H38N4O9/c1-16(2)13-23(32-26(38)21(30)14-17-3-7-19(34)8-4-17)27(39)33-24(15-18-5-9-20(35)10-6-18)28(40)31-22(29(41)42)11-12-25(36)37/h3-10,16,21-24,34-35H,11-15,30H2,1-2H3,(H,31,40)(H,32,38)(H,33,39)(H,36,37)(H,41,42). The average Bonchev–Trinajstić information content (AvgIpc) is 2.91. The van der Waals surface area contributed by atoms with Gasteiger partial charge in [0.15, 0.2) is 0 Å². The average molecular weight is 587 g/mol. The zero-order chi connectivity index (χ0) is 31.4. The van der Waals surface area contributed by atoms with Gasteiger partial charge in [-0.05, 0) is 60.6 Å². The van der Waals surface area contributed by atoms with Crippen molar-refractivity contribution in [2.24, 2.45) is 11.7 Å². The van der Waals surface area contributed by atoms with Crippen molar-refractivity contribution in [3.05, 3.63) is 59.7 Å². The molecule has 0 aromatic heterocycles. The molecule has 0 aliphatic heterocycles. The monoisotopic (exact) mass is 586 g/mol. The third kappa shape index (κ3) is 11.5. The second-order valence-electron chi connectivity index (χ2n) is 10.4. The van der Waals surface area contributed by atoms with Gasteiger partial charge >= 0.3 is 11.9 Å². The second kappa shape index (κ2) is 16.0. The van der Waals surface area contributed by atoms with E-state index in [0.717, 1.165) is 0 Å². The molecular formula is C29H38N4O9. The summed E-state index contributed by atoms with van der Waals surface area (Å²) in [6, 6.07) is 7.07. The van der Waals surface area contributed by atoms with E-state index in [2.05, 4.69) is 16.0 Å². The first kappa shape index (κ1) is 33.6. The van der Waals surface area contributed by atoms with Gasteiger partial charge in [0.25, 0.3) is 0 Å². The maximum Gasteiger partial charge on any atom is 0.326 e. The molecule has 0 aliphatic rings. The summed E-state index contributed by atoms with van der Waals surface area (Å²) < 4.78 is 0. The second-order valence-corrected chi connectivity index (χ2v) is 10.4. The molecule has 0 fully saturated rings. The highest BCUT2D eigenvalue weighted by Crippen LogP contribution is 2.14.